The number of carbonyl (C=O) groups excluding carboxylic acids is 1. The second-order valence-electron chi connectivity index (χ2n) is 7.81. The van der Waals surface area contributed by atoms with Gasteiger partial charge >= 0.3 is 0 Å². The molecule has 3 saturated carbocycles. The van der Waals surface area contributed by atoms with Crippen LogP contribution in [0.3, 0.4) is 0 Å². The Morgan fingerprint density at radius 2 is 2.17 bits per heavy atom. The third kappa shape index (κ3) is 2.32. The number of rotatable bonds is 2. The summed E-state index contributed by atoms with van der Waals surface area (Å²) in [5, 5.41) is 4.25. The maximum absolute atomic E-state index is 12.6. The Morgan fingerprint density at radius 1 is 1.39 bits per heavy atom. The summed E-state index contributed by atoms with van der Waals surface area (Å²) >= 11 is 3.36. The maximum Gasteiger partial charge on any atom is 0.267 e. The average Bonchev–Trinajstić information content (AvgIpc) is 2.91. The third-order valence-electron chi connectivity index (χ3n) is 6.39. The van der Waals surface area contributed by atoms with E-state index in [2.05, 4.69) is 52.0 Å². The lowest BCUT2D eigenvalue weighted by Gasteiger charge is -2.62. The Labute approximate surface area is 144 Å². The van der Waals surface area contributed by atoms with E-state index in [4.69, 9.17) is 0 Å². The summed E-state index contributed by atoms with van der Waals surface area (Å²) in [6, 6.07) is 4.11. The smallest absolute Gasteiger partial charge is 0.267 e. The van der Waals surface area contributed by atoms with E-state index in [9.17, 15) is 4.79 Å². The highest BCUT2D eigenvalue weighted by Gasteiger charge is 2.56. The number of fused-ring (bicyclic) bond motifs is 3. The van der Waals surface area contributed by atoms with E-state index < -0.39 is 0 Å². The number of amides is 1. The van der Waals surface area contributed by atoms with Gasteiger partial charge in [-0.3, -0.25) is 4.79 Å². The molecule has 2 heterocycles. The molecule has 3 aliphatic carbocycles. The Hall–Kier alpha value is -1.36. The quantitative estimate of drug-likeness (QED) is 0.775. The highest BCUT2D eigenvalue weighted by molar-refractivity contribution is 9.10. The molecule has 23 heavy (non-hydrogen) atoms. The zero-order chi connectivity index (χ0) is 16.4. The van der Waals surface area contributed by atoms with E-state index in [1.54, 1.807) is 6.20 Å². The Bertz CT molecular complexity index is 782. The molecule has 5 heteroatoms. The molecule has 4 nitrogen and oxygen atoms in total. The number of pyridine rings is 1. The van der Waals surface area contributed by atoms with Gasteiger partial charge in [0.25, 0.3) is 5.91 Å². The van der Waals surface area contributed by atoms with Crippen LogP contribution in [0.5, 0.6) is 0 Å². The van der Waals surface area contributed by atoms with Crippen LogP contribution in [-0.4, -0.2) is 21.9 Å². The maximum atomic E-state index is 12.6. The van der Waals surface area contributed by atoms with Crippen molar-refractivity contribution in [2.45, 2.75) is 39.7 Å². The molecule has 0 radical (unpaired) electrons. The molecule has 4 atom stereocenters. The minimum absolute atomic E-state index is 0.00622. The van der Waals surface area contributed by atoms with Crippen molar-refractivity contribution >= 4 is 32.7 Å². The highest BCUT2D eigenvalue weighted by atomic mass is 79.9. The van der Waals surface area contributed by atoms with Crippen LogP contribution in [0.1, 0.15) is 44.1 Å². The van der Waals surface area contributed by atoms with Gasteiger partial charge in [0.05, 0.1) is 11.7 Å². The van der Waals surface area contributed by atoms with E-state index in [1.807, 2.05) is 12.1 Å². The number of aromatic amines is 1. The number of aromatic nitrogens is 2. The molecule has 0 spiro atoms. The van der Waals surface area contributed by atoms with E-state index in [1.165, 1.54) is 6.42 Å². The molecule has 2 bridgehead atoms. The van der Waals surface area contributed by atoms with Crippen molar-refractivity contribution in [2.24, 2.45) is 23.2 Å². The van der Waals surface area contributed by atoms with Gasteiger partial charge in [0.1, 0.15) is 10.3 Å². The lowest BCUT2D eigenvalue weighted by atomic mass is 9.45. The number of nitrogens with one attached hydrogen (secondary N) is 2. The van der Waals surface area contributed by atoms with Crippen LogP contribution in [0.25, 0.3) is 10.9 Å². The molecule has 0 aliphatic heterocycles. The molecule has 3 aliphatic rings. The predicted molar refractivity (Wildman–Crippen MR) is 94.2 cm³/mol. The largest absolute Gasteiger partial charge is 0.349 e. The minimum Gasteiger partial charge on any atom is -0.349 e. The van der Waals surface area contributed by atoms with Crippen molar-refractivity contribution in [2.75, 3.05) is 0 Å². The molecule has 122 valence electrons. The molecule has 3 fully saturated rings. The fourth-order valence-corrected chi connectivity index (χ4v) is 5.06. The zero-order valence-corrected chi connectivity index (χ0v) is 15.3. The van der Waals surface area contributed by atoms with E-state index >= 15 is 0 Å². The van der Waals surface area contributed by atoms with Gasteiger partial charge in [0.15, 0.2) is 0 Å². The van der Waals surface area contributed by atoms with Gasteiger partial charge in [-0.15, -0.1) is 0 Å². The van der Waals surface area contributed by atoms with Crippen LogP contribution in [-0.2, 0) is 0 Å². The molecule has 0 aromatic carbocycles. The summed E-state index contributed by atoms with van der Waals surface area (Å²) in [5.74, 6) is 2.01. The van der Waals surface area contributed by atoms with Gasteiger partial charge < -0.3 is 10.3 Å². The van der Waals surface area contributed by atoms with Crippen LogP contribution >= 0.6 is 15.9 Å². The van der Waals surface area contributed by atoms with Crippen molar-refractivity contribution in [3.05, 3.63) is 28.6 Å². The second-order valence-corrected chi connectivity index (χ2v) is 8.63. The number of carbonyl (C=O) groups is 1. The summed E-state index contributed by atoms with van der Waals surface area (Å²) in [7, 11) is 0. The first-order valence-corrected chi connectivity index (χ1v) is 9.10. The first kappa shape index (κ1) is 15.2. The Morgan fingerprint density at radius 3 is 2.87 bits per heavy atom. The molecule has 1 amide bonds. The van der Waals surface area contributed by atoms with Crippen LogP contribution in [0.15, 0.2) is 22.9 Å². The topological polar surface area (TPSA) is 57.8 Å². The zero-order valence-electron chi connectivity index (χ0n) is 13.7. The van der Waals surface area contributed by atoms with Crippen LogP contribution in [0.4, 0.5) is 0 Å². The molecule has 0 saturated heterocycles. The van der Waals surface area contributed by atoms with Crippen molar-refractivity contribution in [1.29, 1.82) is 0 Å². The Balaban J connectivity index is 1.51. The van der Waals surface area contributed by atoms with Gasteiger partial charge in [0, 0.05) is 11.4 Å². The fourth-order valence-electron chi connectivity index (χ4n) is 4.71. The van der Waals surface area contributed by atoms with Gasteiger partial charge in [0.2, 0.25) is 0 Å². The SMILES string of the molecule is C[C@@H]1[C@@H](NC(=O)c2cc3cc(Br)ncc3[nH]2)C[C@H]2C[C@@H]1C2(C)C. The standard InChI is InChI=1S/C18H22BrN3O/c1-9-12-6-11(18(12,2)3)7-13(9)22-17(23)14-4-10-5-16(19)20-8-15(10)21-14/h4-5,8-9,11-13,21H,6-7H2,1-3H3,(H,22,23)/t9-,11+,12-,13-/m0/s1. The van der Waals surface area contributed by atoms with Crippen molar-refractivity contribution in [3.8, 4) is 0 Å². The molecule has 2 aromatic rings. The van der Waals surface area contributed by atoms with Crippen molar-refractivity contribution in [3.63, 3.8) is 0 Å². The van der Waals surface area contributed by atoms with Crippen LogP contribution in [0.2, 0.25) is 0 Å². The first-order valence-electron chi connectivity index (χ1n) is 8.31. The van der Waals surface area contributed by atoms with Gasteiger partial charge in [-0.2, -0.15) is 0 Å². The molecule has 2 aromatic heterocycles. The molecule has 0 unspecified atom stereocenters. The molecule has 5 rings (SSSR count). The predicted octanol–water partition coefficient (Wildman–Crippen LogP) is 4.13. The highest BCUT2D eigenvalue weighted by Crippen LogP contribution is 2.61. The minimum atomic E-state index is -0.00622. The van der Waals surface area contributed by atoms with Crippen molar-refractivity contribution < 1.29 is 4.79 Å². The molecular weight excluding hydrogens is 354 g/mol. The summed E-state index contributed by atoms with van der Waals surface area (Å²) in [6.07, 6.45) is 4.17. The van der Waals surface area contributed by atoms with E-state index in [0.29, 0.717) is 17.0 Å². The van der Waals surface area contributed by atoms with Gasteiger partial charge in [-0.1, -0.05) is 20.8 Å². The lowest BCUT2D eigenvalue weighted by molar-refractivity contribution is -0.113. The average molecular weight is 376 g/mol. The van der Waals surface area contributed by atoms with Gasteiger partial charge in [-0.25, -0.2) is 4.98 Å². The molecule has 2 N–H and O–H groups in total. The summed E-state index contributed by atoms with van der Waals surface area (Å²) in [4.78, 5) is 20.0. The number of hydrogen-bond donors (Lipinski definition) is 2. The van der Waals surface area contributed by atoms with Gasteiger partial charge in [-0.05, 0) is 64.1 Å². The lowest BCUT2D eigenvalue weighted by Crippen LogP contribution is -2.60. The number of hydrogen-bond acceptors (Lipinski definition) is 2. The Kier molecular flexibility index (Phi) is 3.34. The monoisotopic (exact) mass is 375 g/mol. The number of nitrogens with zero attached hydrogens (tertiary/aromatic N) is 1. The van der Waals surface area contributed by atoms with E-state index in [0.717, 1.165) is 33.8 Å². The second kappa shape index (κ2) is 5.07. The summed E-state index contributed by atoms with van der Waals surface area (Å²) < 4.78 is 0.777. The van der Waals surface area contributed by atoms with Crippen LogP contribution in [0, 0.1) is 23.2 Å². The summed E-state index contributed by atoms with van der Waals surface area (Å²) in [6.45, 7) is 7.05. The normalized spacial score (nSPS) is 31.7. The number of H-pyrrole nitrogens is 1. The van der Waals surface area contributed by atoms with E-state index in [-0.39, 0.29) is 11.9 Å². The third-order valence-corrected chi connectivity index (χ3v) is 6.82. The number of halogens is 1. The van der Waals surface area contributed by atoms with Crippen LogP contribution < -0.4 is 5.32 Å². The summed E-state index contributed by atoms with van der Waals surface area (Å²) in [5.41, 5.74) is 1.95. The first-order chi connectivity index (χ1) is 10.9. The van der Waals surface area contributed by atoms with Crippen molar-refractivity contribution in [1.82, 2.24) is 15.3 Å². The molecular formula is C18H22BrN3O. The fraction of sp³-hybridized carbons (Fsp3) is 0.556.